The minimum atomic E-state index is -0.790. The lowest BCUT2D eigenvalue weighted by molar-refractivity contribution is -0.140. The first-order valence-corrected chi connectivity index (χ1v) is 13.3. The lowest BCUT2D eigenvalue weighted by Crippen LogP contribution is -2.38. The SMILES string of the molecule is CCN(CC)CCN1C(=O)C(=O)/C(=C(/O)c2ccc(OCC(C)C)cc2C)C1c1ccc(OCC(N)=O)cc1. The Bertz CT molecular complexity index is 1220. The van der Waals surface area contributed by atoms with Gasteiger partial charge in [-0.3, -0.25) is 14.4 Å². The van der Waals surface area contributed by atoms with Crippen LogP contribution in [-0.2, 0) is 14.4 Å². The van der Waals surface area contributed by atoms with Gasteiger partial charge in [0.15, 0.2) is 6.61 Å². The first-order valence-electron chi connectivity index (χ1n) is 13.3. The third-order valence-corrected chi connectivity index (χ3v) is 6.70. The molecule has 2 aromatic carbocycles. The number of ether oxygens (including phenoxy) is 2. The van der Waals surface area contributed by atoms with E-state index in [0.29, 0.717) is 48.2 Å². The van der Waals surface area contributed by atoms with E-state index in [4.69, 9.17) is 15.2 Å². The van der Waals surface area contributed by atoms with E-state index in [0.717, 1.165) is 18.7 Å². The Labute approximate surface area is 230 Å². The highest BCUT2D eigenvalue weighted by atomic mass is 16.5. The van der Waals surface area contributed by atoms with E-state index in [2.05, 4.69) is 18.7 Å². The fourth-order valence-corrected chi connectivity index (χ4v) is 4.55. The highest BCUT2D eigenvalue weighted by molar-refractivity contribution is 6.46. The van der Waals surface area contributed by atoms with Gasteiger partial charge < -0.3 is 30.1 Å². The fourth-order valence-electron chi connectivity index (χ4n) is 4.55. The van der Waals surface area contributed by atoms with Crippen LogP contribution in [0.2, 0.25) is 0 Å². The van der Waals surface area contributed by atoms with Crippen LogP contribution in [-0.4, -0.2) is 71.9 Å². The van der Waals surface area contributed by atoms with E-state index in [1.165, 1.54) is 4.90 Å². The molecule has 210 valence electrons. The molecule has 39 heavy (non-hydrogen) atoms. The molecular formula is C30H39N3O6. The van der Waals surface area contributed by atoms with Crippen LogP contribution in [0.15, 0.2) is 48.0 Å². The molecule has 0 aromatic heterocycles. The third-order valence-electron chi connectivity index (χ3n) is 6.70. The van der Waals surface area contributed by atoms with Gasteiger partial charge in [0.2, 0.25) is 0 Å². The molecule has 1 aliphatic rings. The van der Waals surface area contributed by atoms with E-state index < -0.39 is 23.6 Å². The largest absolute Gasteiger partial charge is 0.507 e. The molecule has 1 fully saturated rings. The van der Waals surface area contributed by atoms with Crippen molar-refractivity contribution in [2.45, 2.75) is 40.7 Å². The number of rotatable bonds is 13. The molecule has 9 heteroatoms. The number of amides is 2. The molecule has 0 saturated carbocycles. The van der Waals surface area contributed by atoms with Crippen molar-refractivity contribution in [1.82, 2.24) is 9.80 Å². The fraction of sp³-hybridized carbons (Fsp3) is 0.433. The zero-order chi connectivity index (χ0) is 28.7. The summed E-state index contributed by atoms with van der Waals surface area (Å²) in [5, 5.41) is 11.5. The van der Waals surface area contributed by atoms with Crippen LogP contribution in [0.25, 0.3) is 5.76 Å². The molecule has 1 aliphatic heterocycles. The molecule has 2 aromatic rings. The quantitative estimate of drug-likeness (QED) is 0.227. The highest BCUT2D eigenvalue weighted by Crippen LogP contribution is 2.40. The molecule has 3 N–H and O–H groups in total. The van der Waals surface area contributed by atoms with E-state index in [1.807, 2.05) is 26.8 Å². The molecule has 1 unspecified atom stereocenters. The van der Waals surface area contributed by atoms with Gasteiger partial charge in [0.25, 0.3) is 17.6 Å². The minimum absolute atomic E-state index is 0.0318. The Kier molecular flexibility index (Phi) is 10.1. The van der Waals surface area contributed by atoms with Crippen LogP contribution in [0, 0.1) is 12.8 Å². The lowest BCUT2D eigenvalue weighted by atomic mass is 9.94. The molecule has 1 atom stereocenters. The number of ketones is 1. The summed E-state index contributed by atoms with van der Waals surface area (Å²) in [6.07, 6.45) is 0. The van der Waals surface area contributed by atoms with Crippen molar-refractivity contribution in [2.75, 3.05) is 39.4 Å². The molecule has 0 bridgehead atoms. The standard InChI is InChI=1S/C30H39N3O6/c1-6-32(7-2)14-15-33-27(21-8-10-22(11-9-21)39-18-25(31)34)26(29(36)30(33)37)28(35)24-13-12-23(16-20(24)5)38-17-19(3)4/h8-13,16,19,27,35H,6-7,14-15,17-18H2,1-5H3,(H2,31,34)/b28-26+. The summed E-state index contributed by atoms with van der Waals surface area (Å²) in [7, 11) is 0. The number of likely N-dealkylation sites (tertiary alicyclic amines) is 1. The van der Waals surface area contributed by atoms with E-state index in [1.54, 1.807) is 36.4 Å². The first-order chi connectivity index (χ1) is 18.6. The van der Waals surface area contributed by atoms with E-state index in [9.17, 15) is 19.5 Å². The Balaban J connectivity index is 2.04. The van der Waals surface area contributed by atoms with Crippen LogP contribution in [0.1, 0.15) is 50.4 Å². The second kappa shape index (κ2) is 13.3. The number of primary amides is 1. The molecular weight excluding hydrogens is 498 g/mol. The Morgan fingerprint density at radius 3 is 2.26 bits per heavy atom. The van der Waals surface area contributed by atoms with Crippen molar-refractivity contribution in [1.29, 1.82) is 0 Å². The molecule has 9 nitrogen and oxygen atoms in total. The number of hydrogen-bond donors (Lipinski definition) is 2. The monoisotopic (exact) mass is 537 g/mol. The predicted molar refractivity (Wildman–Crippen MR) is 149 cm³/mol. The van der Waals surface area contributed by atoms with Crippen molar-refractivity contribution < 1.29 is 29.0 Å². The smallest absolute Gasteiger partial charge is 0.295 e. The number of carbonyl (C=O) groups excluding carboxylic acids is 3. The van der Waals surface area contributed by atoms with Crippen molar-refractivity contribution in [3.63, 3.8) is 0 Å². The summed E-state index contributed by atoms with van der Waals surface area (Å²) in [4.78, 5) is 41.4. The molecule has 1 heterocycles. The van der Waals surface area contributed by atoms with Gasteiger partial charge in [-0.25, -0.2) is 0 Å². The lowest BCUT2D eigenvalue weighted by Gasteiger charge is -2.28. The van der Waals surface area contributed by atoms with Crippen LogP contribution in [0.5, 0.6) is 11.5 Å². The zero-order valence-corrected chi connectivity index (χ0v) is 23.4. The van der Waals surface area contributed by atoms with Crippen molar-refractivity contribution in [3.05, 3.63) is 64.7 Å². The number of aryl methyl sites for hydroxylation is 1. The zero-order valence-electron chi connectivity index (χ0n) is 23.4. The number of likely N-dealkylation sites (N-methyl/N-ethyl adjacent to an activating group) is 1. The van der Waals surface area contributed by atoms with Gasteiger partial charge in [-0.15, -0.1) is 0 Å². The summed E-state index contributed by atoms with van der Waals surface area (Å²) in [6.45, 7) is 12.8. The second-order valence-electron chi connectivity index (χ2n) is 10.0. The number of aliphatic hydroxyl groups excluding tert-OH is 1. The highest BCUT2D eigenvalue weighted by Gasteiger charge is 2.46. The summed E-state index contributed by atoms with van der Waals surface area (Å²) in [5.41, 5.74) is 7.01. The van der Waals surface area contributed by atoms with Crippen molar-refractivity contribution in [3.8, 4) is 11.5 Å². The Morgan fingerprint density at radius 1 is 1.05 bits per heavy atom. The van der Waals surface area contributed by atoms with Crippen LogP contribution >= 0.6 is 0 Å². The molecule has 3 rings (SSSR count). The number of Topliss-reactive ketones (excluding diaryl/α,β-unsaturated/α-hetero) is 1. The van der Waals surface area contributed by atoms with Gasteiger partial charge in [0.1, 0.15) is 17.3 Å². The summed E-state index contributed by atoms with van der Waals surface area (Å²) in [6, 6.07) is 11.2. The van der Waals surface area contributed by atoms with Crippen LogP contribution in [0.4, 0.5) is 0 Å². The molecule has 1 saturated heterocycles. The number of benzene rings is 2. The van der Waals surface area contributed by atoms with Gasteiger partial charge in [-0.2, -0.15) is 0 Å². The van der Waals surface area contributed by atoms with Crippen LogP contribution < -0.4 is 15.2 Å². The Morgan fingerprint density at radius 2 is 1.69 bits per heavy atom. The number of nitrogens with two attached hydrogens (primary N) is 1. The Hall–Kier alpha value is -3.85. The van der Waals surface area contributed by atoms with Gasteiger partial charge >= 0.3 is 0 Å². The second-order valence-corrected chi connectivity index (χ2v) is 10.0. The topological polar surface area (TPSA) is 122 Å². The van der Waals surface area contributed by atoms with E-state index >= 15 is 0 Å². The molecule has 0 aliphatic carbocycles. The number of aliphatic hydroxyl groups is 1. The van der Waals surface area contributed by atoms with E-state index in [-0.39, 0.29) is 17.9 Å². The number of carbonyl (C=O) groups is 3. The average molecular weight is 538 g/mol. The number of nitrogens with zero attached hydrogens (tertiary/aromatic N) is 2. The van der Waals surface area contributed by atoms with Gasteiger partial charge in [0, 0.05) is 18.7 Å². The summed E-state index contributed by atoms with van der Waals surface area (Å²) >= 11 is 0. The van der Waals surface area contributed by atoms with Gasteiger partial charge in [0.05, 0.1) is 18.2 Å². The van der Waals surface area contributed by atoms with Gasteiger partial charge in [-0.05, 0) is 67.4 Å². The molecule has 2 amide bonds. The normalized spacial score (nSPS) is 16.8. The third kappa shape index (κ3) is 7.17. The molecule has 0 spiro atoms. The predicted octanol–water partition coefficient (Wildman–Crippen LogP) is 3.66. The maximum absolute atomic E-state index is 13.4. The average Bonchev–Trinajstić information content (AvgIpc) is 3.16. The van der Waals surface area contributed by atoms with Gasteiger partial charge in [-0.1, -0.05) is 39.8 Å². The molecule has 0 radical (unpaired) electrons. The first kappa shape index (κ1) is 29.7. The minimum Gasteiger partial charge on any atom is -0.507 e. The summed E-state index contributed by atoms with van der Waals surface area (Å²) in [5.74, 6) is -0.766. The maximum atomic E-state index is 13.4. The van der Waals surface area contributed by atoms with Crippen LogP contribution in [0.3, 0.4) is 0 Å². The maximum Gasteiger partial charge on any atom is 0.295 e. The van der Waals surface area contributed by atoms with Crippen molar-refractivity contribution >= 4 is 23.4 Å². The number of hydrogen-bond acceptors (Lipinski definition) is 7. The summed E-state index contributed by atoms with van der Waals surface area (Å²) < 4.78 is 11.2. The van der Waals surface area contributed by atoms with Crippen molar-refractivity contribution in [2.24, 2.45) is 11.7 Å².